The quantitative estimate of drug-likeness (QED) is 0.646. The Bertz CT molecular complexity index is 390. The van der Waals surface area contributed by atoms with E-state index in [9.17, 15) is 0 Å². The Morgan fingerprint density at radius 1 is 1.00 bits per heavy atom. The van der Waals surface area contributed by atoms with Crippen LogP contribution < -0.4 is 0 Å². The fraction of sp³-hybridized carbons (Fsp3) is 0.429. The van der Waals surface area contributed by atoms with Crippen LogP contribution in [0.5, 0.6) is 0 Å². The van der Waals surface area contributed by atoms with E-state index < -0.39 is 0 Å². The summed E-state index contributed by atoms with van der Waals surface area (Å²) in [5.41, 5.74) is 0. The summed E-state index contributed by atoms with van der Waals surface area (Å²) in [6.07, 6.45) is 5.18. The van der Waals surface area contributed by atoms with Crippen LogP contribution in [0.15, 0.2) is 32.6 Å². The number of aryl methyl sites for hydroxylation is 2. The van der Waals surface area contributed by atoms with Gasteiger partial charge in [0.1, 0.15) is 0 Å². The topological polar surface area (TPSA) is 0 Å². The molecule has 2 rings (SSSR count). The predicted octanol–water partition coefficient (Wildman–Crippen LogP) is 4.15. The minimum absolute atomic E-state index is 0.635. The van der Waals surface area contributed by atoms with Crippen LogP contribution in [0.1, 0.15) is 35.6 Å². The van der Waals surface area contributed by atoms with Crippen LogP contribution in [-0.2, 0) is 12.8 Å². The van der Waals surface area contributed by atoms with Crippen LogP contribution in [0, 0.1) is 0 Å². The third kappa shape index (κ3) is 6.84. The normalized spacial score (nSPS) is 9.82. The molecule has 3 heteroatoms. The first-order valence-corrected chi connectivity index (χ1v) is 10.4. The van der Waals surface area contributed by atoms with Gasteiger partial charge in [0.25, 0.3) is 0 Å². The fourth-order valence-corrected chi connectivity index (χ4v) is 6.09. The van der Waals surface area contributed by atoms with E-state index in [1.54, 1.807) is 8.87 Å². The summed E-state index contributed by atoms with van der Waals surface area (Å²) in [6.45, 7) is 4.46. The summed E-state index contributed by atoms with van der Waals surface area (Å²) in [4.78, 5) is 2.28. The number of hydrogen-bond acceptors (Lipinski definition) is 0. The van der Waals surface area contributed by atoms with Gasteiger partial charge in [-0.3, -0.25) is 0 Å². The Morgan fingerprint density at radius 2 is 1.71 bits per heavy atom. The van der Waals surface area contributed by atoms with Gasteiger partial charge in [-0.05, 0) is 0 Å². The van der Waals surface area contributed by atoms with Crippen molar-refractivity contribution in [2.45, 2.75) is 39.5 Å². The Morgan fingerprint density at radius 3 is 2.18 bits per heavy atom. The van der Waals surface area contributed by atoms with E-state index in [0.717, 1.165) is 14.5 Å². The fourth-order valence-electron chi connectivity index (χ4n) is 1.43. The molecule has 0 atom stereocenters. The third-order valence-corrected chi connectivity index (χ3v) is 7.23. The molecule has 2 aromatic heterocycles. The van der Waals surface area contributed by atoms with Gasteiger partial charge in [-0.1, -0.05) is 0 Å². The van der Waals surface area contributed by atoms with E-state index in [2.05, 4.69) is 59.0 Å². The number of hydrogen-bond donors (Lipinski definition) is 0. The van der Waals surface area contributed by atoms with Crippen molar-refractivity contribution in [3.63, 3.8) is 0 Å². The molecule has 2 aromatic rings. The molecule has 0 fully saturated rings. The van der Waals surface area contributed by atoms with Gasteiger partial charge in [0.2, 0.25) is 0 Å². The molecular weight excluding hydrogens is 406 g/mol. The Hall–Kier alpha value is 0.479. The van der Waals surface area contributed by atoms with Gasteiger partial charge in [0, 0.05) is 0 Å². The van der Waals surface area contributed by atoms with Crippen LogP contribution in [0.25, 0.3) is 0 Å². The molecule has 0 nitrogen and oxygen atoms in total. The second kappa shape index (κ2) is 9.41. The molecule has 0 unspecified atom stereocenters. The third-order valence-electron chi connectivity index (χ3n) is 2.20. The Balaban J connectivity index is 0.000000171. The molecule has 0 N–H and O–H groups in total. The Labute approximate surface area is 125 Å². The molecule has 0 amide bonds. The van der Waals surface area contributed by atoms with Gasteiger partial charge in [-0.15, -0.1) is 0 Å². The summed E-state index contributed by atoms with van der Waals surface area (Å²) in [6, 6.07) is 8.84. The van der Waals surface area contributed by atoms with E-state index in [4.69, 9.17) is 0 Å². The van der Waals surface area contributed by atoms with Crippen molar-refractivity contribution in [1.29, 1.82) is 0 Å². The summed E-state index contributed by atoms with van der Waals surface area (Å²) >= 11 is 4.84. The first kappa shape index (κ1) is 15.5. The minimum atomic E-state index is 0.635. The maximum absolute atomic E-state index is 3.49. The molecule has 0 saturated carbocycles. The summed E-state index contributed by atoms with van der Waals surface area (Å²) in [5, 5.41) is 0. The molecule has 0 radical (unpaired) electrons. The number of rotatable bonds is 4. The van der Waals surface area contributed by atoms with Crippen molar-refractivity contribution >= 4 is 44.9 Å². The van der Waals surface area contributed by atoms with Gasteiger partial charge in [-0.25, -0.2) is 0 Å². The van der Waals surface area contributed by atoms with Crippen molar-refractivity contribution < 1.29 is 0 Å². The average molecular weight is 425 g/mol. The molecule has 94 valence electrons. The first-order valence-electron chi connectivity index (χ1n) is 6.02. The van der Waals surface area contributed by atoms with Crippen molar-refractivity contribution in [3.8, 4) is 0 Å². The van der Waals surface area contributed by atoms with E-state index in [0.29, 0.717) is 14.5 Å². The molecule has 0 aliphatic carbocycles. The van der Waals surface area contributed by atoms with Crippen molar-refractivity contribution in [3.05, 3.63) is 41.4 Å². The molecule has 17 heavy (non-hydrogen) atoms. The van der Waals surface area contributed by atoms with Crippen molar-refractivity contribution in [2.24, 2.45) is 0 Å². The second-order valence-corrected chi connectivity index (χ2v) is 10.4. The van der Waals surface area contributed by atoms with Crippen LogP contribution >= 0.6 is 15.9 Å². The summed E-state index contributed by atoms with van der Waals surface area (Å²) in [5.74, 6) is 0. The average Bonchev–Trinajstić information content (AvgIpc) is 2.93. The van der Waals surface area contributed by atoms with Gasteiger partial charge < -0.3 is 0 Å². The molecule has 0 bridgehead atoms. The monoisotopic (exact) mass is 426 g/mol. The molecule has 0 aromatic carbocycles. The predicted molar refractivity (Wildman–Crippen MR) is 82.5 cm³/mol. The van der Waals surface area contributed by atoms with Crippen molar-refractivity contribution in [2.75, 3.05) is 0 Å². The molecular formula is C14H19BrSe2. The molecule has 0 aliphatic heterocycles. The van der Waals surface area contributed by atoms with Crippen LogP contribution in [0.2, 0.25) is 0 Å². The van der Waals surface area contributed by atoms with Crippen LogP contribution in [-0.4, -0.2) is 29.0 Å². The van der Waals surface area contributed by atoms with Crippen molar-refractivity contribution in [1.82, 2.24) is 0 Å². The van der Waals surface area contributed by atoms with E-state index >= 15 is 0 Å². The summed E-state index contributed by atoms with van der Waals surface area (Å²) < 4.78 is 4.66. The first-order chi connectivity index (χ1) is 8.26. The zero-order valence-electron chi connectivity index (χ0n) is 10.4. The zero-order chi connectivity index (χ0) is 12.5. The standard InChI is InChI=1S/C7H9BrSe.C7H10Se/c1-2-3-6-4-5-7(8)9-6;1-2-4-7-5-3-6-8-7/h4-5H,2-3H2,1H3;3,5-6H,2,4H2,1H3. The van der Waals surface area contributed by atoms with Gasteiger partial charge >= 0.3 is 126 Å². The van der Waals surface area contributed by atoms with E-state index in [-0.39, 0.29) is 0 Å². The van der Waals surface area contributed by atoms with Crippen LogP contribution in [0.4, 0.5) is 0 Å². The van der Waals surface area contributed by atoms with E-state index in [1.165, 1.54) is 29.0 Å². The second-order valence-electron chi connectivity index (χ2n) is 3.79. The maximum atomic E-state index is 3.49. The Kier molecular flexibility index (Phi) is 8.60. The van der Waals surface area contributed by atoms with Crippen LogP contribution in [0.3, 0.4) is 0 Å². The molecule has 0 spiro atoms. The molecule has 2 heterocycles. The van der Waals surface area contributed by atoms with E-state index in [1.807, 2.05) is 0 Å². The number of halogens is 1. The molecule has 0 saturated heterocycles. The molecule has 0 aliphatic rings. The SMILES string of the molecule is CCCc1ccc(Br)[se]1.CCCc1ccc[se]1. The van der Waals surface area contributed by atoms with Gasteiger partial charge in [0.15, 0.2) is 0 Å². The zero-order valence-corrected chi connectivity index (χ0v) is 15.4. The van der Waals surface area contributed by atoms with Gasteiger partial charge in [-0.2, -0.15) is 0 Å². The summed E-state index contributed by atoms with van der Waals surface area (Å²) in [7, 11) is 0. The van der Waals surface area contributed by atoms with Gasteiger partial charge in [0.05, 0.1) is 0 Å².